The Labute approximate surface area is 541 Å². The standard InChI is InChI=1S/C63H120N16O12/c1-34(2)28-43(67)56(84)72-44(22-16-19-25-64)57(85)70-41(14)54(82)76-48(30-36(5)6)62(90)79-51(33-39(11)12)61(89)74-46(24-18-21-27-66)59(87)71-42(15)55(83)77-49(31-37(7)8)63(91)78-50(32-38(9)10)60(88)73-45(23-17-20-26-65)58(86)69-40(13)53(81)75-47(52(68)80)29-35(3)4/h34-51H,16-33,64-67H2,1-15H3,(H2,68,80)(H,69,86)(H,70,85)(H,71,87)(H,72,84)(H,73,88)(H,74,89)(H,75,81)(H,76,82)(H,77,83)(H,78,91)(H,79,90)/t40-,41-,42-,43-,44-,45-,46-,47-,48-,49-,50-,51-/m0/s1. The van der Waals surface area contributed by atoms with Gasteiger partial charge in [0.05, 0.1) is 6.04 Å². The molecule has 0 aromatic carbocycles. The predicted molar refractivity (Wildman–Crippen MR) is 351 cm³/mol. The third-order valence-electron chi connectivity index (χ3n) is 14.8. The monoisotopic (exact) mass is 1290 g/mol. The molecule has 0 aliphatic carbocycles. The smallest absolute Gasteiger partial charge is 0.243 e. The molecule has 12 atom stereocenters. The Morgan fingerprint density at radius 3 is 0.681 bits per heavy atom. The molecule has 0 aromatic rings. The van der Waals surface area contributed by atoms with Gasteiger partial charge in [0.25, 0.3) is 0 Å². The van der Waals surface area contributed by atoms with Crippen LogP contribution in [-0.2, 0) is 57.5 Å². The van der Waals surface area contributed by atoms with Crippen molar-refractivity contribution in [2.45, 2.75) is 273 Å². The summed E-state index contributed by atoms with van der Waals surface area (Å²) in [6, 6.07) is -13.6. The van der Waals surface area contributed by atoms with Crippen LogP contribution >= 0.6 is 0 Å². The van der Waals surface area contributed by atoms with Crippen LogP contribution in [0.3, 0.4) is 0 Å². The topological polar surface area (TPSA) is 467 Å². The number of hydrogen-bond donors (Lipinski definition) is 16. The molecule has 0 spiro atoms. The van der Waals surface area contributed by atoms with Gasteiger partial charge >= 0.3 is 0 Å². The largest absolute Gasteiger partial charge is 0.368 e. The van der Waals surface area contributed by atoms with Gasteiger partial charge in [0.1, 0.15) is 66.5 Å². The van der Waals surface area contributed by atoms with Gasteiger partial charge in [0.2, 0.25) is 70.9 Å². The molecule has 0 unspecified atom stereocenters. The summed E-state index contributed by atoms with van der Waals surface area (Å²) in [5, 5.41) is 29.7. The molecule has 21 N–H and O–H groups in total. The molecular weight excluding hydrogens is 1170 g/mol. The Kier molecular flexibility index (Phi) is 41.7. The van der Waals surface area contributed by atoms with E-state index in [9.17, 15) is 57.5 Å². The van der Waals surface area contributed by atoms with Crippen LogP contribution in [-0.4, -0.2) is 163 Å². The number of carbonyl (C=O) groups is 12. The quantitative estimate of drug-likeness (QED) is 0.0353. The summed E-state index contributed by atoms with van der Waals surface area (Å²) in [7, 11) is 0. The van der Waals surface area contributed by atoms with Gasteiger partial charge in [-0.05, 0) is 172 Å². The van der Waals surface area contributed by atoms with Crippen LogP contribution in [0, 0.1) is 35.5 Å². The van der Waals surface area contributed by atoms with Crippen LogP contribution in [0.25, 0.3) is 0 Å². The molecule has 28 heteroatoms. The number of hydrogen-bond acceptors (Lipinski definition) is 16. The molecule has 0 saturated heterocycles. The fourth-order valence-electron chi connectivity index (χ4n) is 9.83. The average molecular weight is 1290 g/mol. The van der Waals surface area contributed by atoms with Crippen LogP contribution in [0.2, 0.25) is 0 Å². The minimum Gasteiger partial charge on any atom is -0.368 e. The van der Waals surface area contributed by atoms with Gasteiger partial charge in [-0.3, -0.25) is 57.5 Å². The lowest BCUT2D eigenvalue weighted by Gasteiger charge is -2.29. The Bertz CT molecular complexity index is 2300. The van der Waals surface area contributed by atoms with Crippen LogP contribution in [0.4, 0.5) is 0 Å². The molecule has 91 heavy (non-hydrogen) atoms. The molecule has 0 aliphatic heterocycles. The normalized spacial score (nSPS) is 15.5. The molecule has 0 aromatic heterocycles. The van der Waals surface area contributed by atoms with Gasteiger partial charge in [-0.2, -0.15) is 0 Å². The zero-order valence-corrected chi connectivity index (χ0v) is 57.4. The maximum absolute atomic E-state index is 14.3. The number of carbonyl (C=O) groups excluding carboxylic acids is 12. The van der Waals surface area contributed by atoms with E-state index in [1.54, 1.807) is 0 Å². The van der Waals surface area contributed by atoms with Crippen molar-refractivity contribution in [3.8, 4) is 0 Å². The number of rotatable bonds is 47. The van der Waals surface area contributed by atoms with E-state index in [2.05, 4.69) is 58.5 Å². The molecule has 12 amide bonds. The molecule has 0 aliphatic rings. The lowest BCUT2D eigenvalue weighted by Crippen LogP contribution is -2.60. The highest BCUT2D eigenvalue weighted by atomic mass is 16.2. The van der Waals surface area contributed by atoms with Gasteiger partial charge in [0.15, 0.2) is 0 Å². The third kappa shape index (κ3) is 35.8. The zero-order valence-electron chi connectivity index (χ0n) is 57.4. The third-order valence-corrected chi connectivity index (χ3v) is 14.8. The van der Waals surface area contributed by atoms with E-state index >= 15 is 0 Å². The fourth-order valence-corrected chi connectivity index (χ4v) is 9.83. The molecular formula is C63H120N16O12. The lowest BCUT2D eigenvalue weighted by atomic mass is 9.99. The van der Waals surface area contributed by atoms with Crippen molar-refractivity contribution in [1.82, 2.24) is 58.5 Å². The molecule has 0 fully saturated rings. The second-order valence-corrected chi connectivity index (χ2v) is 26.8. The first kappa shape index (κ1) is 84.5. The van der Waals surface area contributed by atoms with Crippen molar-refractivity contribution in [2.75, 3.05) is 19.6 Å². The van der Waals surface area contributed by atoms with E-state index < -0.39 is 143 Å². The summed E-state index contributed by atoms with van der Waals surface area (Å²) in [6.45, 7) is 27.4. The Balaban J connectivity index is 6.56. The zero-order chi connectivity index (χ0) is 69.8. The Morgan fingerprint density at radius 1 is 0.253 bits per heavy atom. The molecule has 524 valence electrons. The van der Waals surface area contributed by atoms with Crippen molar-refractivity contribution in [3.63, 3.8) is 0 Å². The van der Waals surface area contributed by atoms with E-state index in [0.717, 1.165) is 0 Å². The number of amides is 12. The Hall–Kier alpha value is -6.52. The molecule has 28 nitrogen and oxygen atoms in total. The summed E-state index contributed by atoms with van der Waals surface area (Å²) >= 11 is 0. The summed E-state index contributed by atoms with van der Waals surface area (Å²) in [5.74, 6) is -8.72. The highest BCUT2D eigenvalue weighted by molar-refractivity contribution is 5.99. The molecule has 0 saturated carbocycles. The lowest BCUT2D eigenvalue weighted by molar-refractivity contribution is -0.136. The predicted octanol–water partition coefficient (Wildman–Crippen LogP) is -0.145. The van der Waals surface area contributed by atoms with E-state index in [0.29, 0.717) is 58.0 Å². The summed E-state index contributed by atoms with van der Waals surface area (Å²) < 4.78 is 0. The van der Waals surface area contributed by atoms with Crippen molar-refractivity contribution in [2.24, 2.45) is 64.2 Å². The van der Waals surface area contributed by atoms with Gasteiger partial charge in [-0.25, -0.2) is 0 Å². The minimum atomic E-state index is -1.28. The van der Waals surface area contributed by atoms with Gasteiger partial charge in [-0.15, -0.1) is 0 Å². The first-order valence-electron chi connectivity index (χ1n) is 33.0. The van der Waals surface area contributed by atoms with Crippen LogP contribution < -0.4 is 87.2 Å². The minimum absolute atomic E-state index is 0.0294. The molecule has 0 radical (unpaired) electrons. The number of primary amides is 1. The van der Waals surface area contributed by atoms with E-state index in [-0.39, 0.29) is 93.4 Å². The van der Waals surface area contributed by atoms with Crippen molar-refractivity contribution in [3.05, 3.63) is 0 Å². The molecule has 0 rings (SSSR count). The highest BCUT2D eigenvalue weighted by Crippen LogP contribution is 2.15. The van der Waals surface area contributed by atoms with Crippen molar-refractivity contribution >= 4 is 70.9 Å². The molecule has 0 heterocycles. The van der Waals surface area contributed by atoms with Crippen molar-refractivity contribution < 1.29 is 57.5 Å². The van der Waals surface area contributed by atoms with Crippen LogP contribution in [0.1, 0.15) is 200 Å². The van der Waals surface area contributed by atoms with Gasteiger partial charge in [-0.1, -0.05) is 83.1 Å². The van der Waals surface area contributed by atoms with Crippen LogP contribution in [0.5, 0.6) is 0 Å². The maximum atomic E-state index is 14.3. The second kappa shape index (κ2) is 44.9. The van der Waals surface area contributed by atoms with E-state index in [1.165, 1.54) is 20.8 Å². The molecule has 0 bridgehead atoms. The van der Waals surface area contributed by atoms with E-state index in [1.807, 2.05) is 83.1 Å². The summed E-state index contributed by atoms with van der Waals surface area (Å²) in [5.41, 5.74) is 28.9. The average Bonchev–Trinajstić information content (AvgIpc) is 2.04. The van der Waals surface area contributed by atoms with E-state index in [4.69, 9.17) is 28.7 Å². The SMILES string of the molecule is CC(C)C[C@H](NC(=O)[C@H](C)NC(=O)[C@H](CCCCN)NC(=O)[C@H](CC(C)C)NC(=O)[C@H](CC(C)C)NC(=O)[C@H](C)NC(=O)[C@H](CCCCN)NC(=O)[C@H](CC(C)C)NC(=O)[C@H](CC(C)C)NC(=O)[C@H](C)NC(=O)[C@H](CCCCN)NC(=O)[C@@H](N)CC(C)C)C(N)=O. The number of nitrogens with one attached hydrogen (secondary N) is 11. The van der Waals surface area contributed by atoms with Crippen LogP contribution in [0.15, 0.2) is 0 Å². The maximum Gasteiger partial charge on any atom is 0.243 e. The summed E-state index contributed by atoms with van der Waals surface area (Å²) in [6.07, 6.45) is 4.52. The highest BCUT2D eigenvalue weighted by Gasteiger charge is 2.36. The first-order valence-corrected chi connectivity index (χ1v) is 33.0. The van der Waals surface area contributed by atoms with Gasteiger partial charge in [0, 0.05) is 0 Å². The summed E-state index contributed by atoms with van der Waals surface area (Å²) in [4.78, 5) is 164. The second-order valence-electron chi connectivity index (χ2n) is 26.8. The Morgan fingerprint density at radius 2 is 0.451 bits per heavy atom. The fraction of sp³-hybridized carbons (Fsp3) is 0.810. The number of unbranched alkanes of at least 4 members (excludes halogenated alkanes) is 3. The van der Waals surface area contributed by atoms with Gasteiger partial charge < -0.3 is 87.2 Å². The number of nitrogens with two attached hydrogens (primary N) is 5. The van der Waals surface area contributed by atoms with Crippen molar-refractivity contribution in [1.29, 1.82) is 0 Å². The first-order chi connectivity index (χ1) is 42.5.